The molecule has 1 saturated carbocycles. The predicted octanol–water partition coefficient (Wildman–Crippen LogP) is 2.74. The van der Waals surface area contributed by atoms with Gasteiger partial charge in [0, 0.05) is 43.1 Å². The van der Waals surface area contributed by atoms with Crippen molar-refractivity contribution < 1.29 is 4.74 Å². The van der Waals surface area contributed by atoms with Crippen LogP contribution in [0.3, 0.4) is 0 Å². The second-order valence-electron chi connectivity index (χ2n) is 5.38. The Morgan fingerprint density at radius 2 is 2.28 bits per heavy atom. The average Bonchev–Trinajstić information content (AvgIpc) is 2.38. The van der Waals surface area contributed by atoms with E-state index in [9.17, 15) is 0 Å². The fraction of sp³-hybridized carbons (Fsp3) is 0.643. The van der Waals surface area contributed by atoms with Crippen LogP contribution in [0.5, 0.6) is 0 Å². The molecule has 2 rings (SSSR count). The van der Waals surface area contributed by atoms with Gasteiger partial charge in [0.15, 0.2) is 0 Å². The summed E-state index contributed by atoms with van der Waals surface area (Å²) < 4.78 is 5.74. The molecule has 0 bridgehead atoms. The lowest BCUT2D eigenvalue weighted by Gasteiger charge is -2.52. The SMILES string of the molecule is CCOC1CC(Nc2ccnc(NC)c2)C1(C)C. The minimum Gasteiger partial charge on any atom is -0.381 e. The number of nitrogens with zero attached hydrogens (tertiary/aromatic N) is 1. The number of nitrogens with one attached hydrogen (secondary N) is 2. The first-order chi connectivity index (χ1) is 8.57. The highest BCUT2D eigenvalue weighted by Crippen LogP contribution is 2.44. The summed E-state index contributed by atoms with van der Waals surface area (Å²) in [5.41, 5.74) is 1.29. The van der Waals surface area contributed by atoms with E-state index in [2.05, 4.69) is 36.4 Å². The normalized spacial score (nSPS) is 25.3. The van der Waals surface area contributed by atoms with Gasteiger partial charge >= 0.3 is 0 Å². The van der Waals surface area contributed by atoms with Crippen LogP contribution < -0.4 is 10.6 Å². The van der Waals surface area contributed by atoms with Crippen LogP contribution in [0, 0.1) is 5.41 Å². The van der Waals surface area contributed by atoms with E-state index in [4.69, 9.17) is 4.74 Å². The van der Waals surface area contributed by atoms with Crippen molar-refractivity contribution in [3.8, 4) is 0 Å². The molecule has 1 aliphatic carbocycles. The summed E-state index contributed by atoms with van der Waals surface area (Å²) in [4.78, 5) is 4.21. The second kappa shape index (κ2) is 5.14. The fourth-order valence-electron chi connectivity index (χ4n) is 2.47. The smallest absolute Gasteiger partial charge is 0.127 e. The van der Waals surface area contributed by atoms with Crippen LogP contribution in [0.4, 0.5) is 11.5 Å². The largest absolute Gasteiger partial charge is 0.381 e. The summed E-state index contributed by atoms with van der Waals surface area (Å²) in [6, 6.07) is 4.50. The zero-order chi connectivity index (χ0) is 13.2. The molecule has 2 unspecified atom stereocenters. The number of hydrogen-bond donors (Lipinski definition) is 2. The molecule has 1 aliphatic rings. The van der Waals surface area contributed by atoms with Crippen molar-refractivity contribution in [2.45, 2.75) is 39.3 Å². The van der Waals surface area contributed by atoms with Gasteiger partial charge in [-0.05, 0) is 19.4 Å². The lowest BCUT2D eigenvalue weighted by atomic mass is 9.64. The van der Waals surface area contributed by atoms with Crippen LogP contribution in [-0.2, 0) is 4.74 Å². The van der Waals surface area contributed by atoms with E-state index in [1.165, 1.54) is 0 Å². The van der Waals surface area contributed by atoms with Gasteiger partial charge in [0.05, 0.1) is 6.10 Å². The highest BCUT2D eigenvalue weighted by molar-refractivity contribution is 5.52. The Labute approximate surface area is 109 Å². The van der Waals surface area contributed by atoms with Crippen molar-refractivity contribution in [2.24, 2.45) is 5.41 Å². The number of ether oxygens (including phenoxy) is 1. The van der Waals surface area contributed by atoms with Crippen LogP contribution in [0.25, 0.3) is 0 Å². The summed E-state index contributed by atoms with van der Waals surface area (Å²) in [5, 5.41) is 6.62. The molecular weight excluding hydrogens is 226 g/mol. The van der Waals surface area contributed by atoms with Crippen molar-refractivity contribution in [2.75, 3.05) is 24.3 Å². The summed E-state index contributed by atoms with van der Waals surface area (Å²) >= 11 is 0. The molecule has 0 amide bonds. The van der Waals surface area contributed by atoms with Crippen LogP contribution in [0.15, 0.2) is 18.3 Å². The van der Waals surface area contributed by atoms with Gasteiger partial charge in [0.25, 0.3) is 0 Å². The maximum Gasteiger partial charge on any atom is 0.127 e. The fourth-order valence-corrected chi connectivity index (χ4v) is 2.47. The zero-order valence-electron chi connectivity index (χ0n) is 11.7. The summed E-state index contributed by atoms with van der Waals surface area (Å²) in [5.74, 6) is 0.887. The number of aromatic nitrogens is 1. The van der Waals surface area contributed by atoms with Gasteiger partial charge in [-0.2, -0.15) is 0 Å². The molecule has 0 radical (unpaired) electrons. The van der Waals surface area contributed by atoms with E-state index < -0.39 is 0 Å². The standard InChI is InChI=1S/C14H23N3O/c1-5-18-12-9-11(14(12,2)3)17-10-6-7-16-13(8-10)15-4/h6-8,11-12H,5,9H2,1-4H3,(H2,15,16,17). The maximum atomic E-state index is 5.74. The molecule has 0 aliphatic heterocycles. The van der Waals surface area contributed by atoms with E-state index in [1.54, 1.807) is 0 Å². The third-order valence-corrected chi connectivity index (χ3v) is 3.90. The van der Waals surface area contributed by atoms with E-state index >= 15 is 0 Å². The number of hydrogen-bond acceptors (Lipinski definition) is 4. The Kier molecular flexibility index (Phi) is 3.76. The lowest BCUT2D eigenvalue weighted by molar-refractivity contribution is -0.0975. The first-order valence-corrected chi connectivity index (χ1v) is 6.60. The molecule has 18 heavy (non-hydrogen) atoms. The minimum absolute atomic E-state index is 0.180. The number of anilines is 2. The van der Waals surface area contributed by atoms with E-state index in [0.717, 1.165) is 24.5 Å². The molecule has 1 heterocycles. The monoisotopic (exact) mass is 249 g/mol. The molecule has 2 N–H and O–H groups in total. The number of rotatable bonds is 5. The van der Waals surface area contributed by atoms with E-state index in [-0.39, 0.29) is 5.41 Å². The predicted molar refractivity (Wildman–Crippen MR) is 75.0 cm³/mol. The van der Waals surface area contributed by atoms with Crippen LogP contribution in [0.1, 0.15) is 27.2 Å². The molecular formula is C14H23N3O. The van der Waals surface area contributed by atoms with Crippen molar-refractivity contribution in [1.82, 2.24) is 4.98 Å². The highest BCUT2D eigenvalue weighted by Gasteiger charge is 2.48. The molecule has 4 heteroatoms. The summed E-state index contributed by atoms with van der Waals surface area (Å²) in [6.07, 6.45) is 3.25. The van der Waals surface area contributed by atoms with E-state index in [0.29, 0.717) is 12.1 Å². The van der Waals surface area contributed by atoms with Crippen molar-refractivity contribution in [3.05, 3.63) is 18.3 Å². The first kappa shape index (κ1) is 13.1. The molecule has 0 spiro atoms. The van der Waals surface area contributed by atoms with Crippen LogP contribution >= 0.6 is 0 Å². The van der Waals surface area contributed by atoms with Gasteiger partial charge in [-0.3, -0.25) is 0 Å². The summed E-state index contributed by atoms with van der Waals surface area (Å²) in [7, 11) is 1.88. The minimum atomic E-state index is 0.180. The van der Waals surface area contributed by atoms with Gasteiger partial charge < -0.3 is 15.4 Å². The molecule has 1 aromatic rings. The van der Waals surface area contributed by atoms with E-state index in [1.807, 2.05) is 25.4 Å². The van der Waals surface area contributed by atoms with Gasteiger partial charge in [0.2, 0.25) is 0 Å². The quantitative estimate of drug-likeness (QED) is 0.842. The third-order valence-electron chi connectivity index (χ3n) is 3.90. The van der Waals surface area contributed by atoms with Crippen molar-refractivity contribution in [1.29, 1.82) is 0 Å². The summed E-state index contributed by atoms with van der Waals surface area (Å²) in [6.45, 7) is 7.36. The third kappa shape index (κ3) is 2.43. The molecule has 2 atom stereocenters. The average molecular weight is 249 g/mol. The van der Waals surface area contributed by atoms with Crippen molar-refractivity contribution in [3.63, 3.8) is 0 Å². The Morgan fingerprint density at radius 1 is 1.50 bits per heavy atom. The van der Waals surface area contributed by atoms with Crippen molar-refractivity contribution >= 4 is 11.5 Å². The molecule has 1 fully saturated rings. The van der Waals surface area contributed by atoms with Crippen LogP contribution in [-0.4, -0.2) is 30.8 Å². The maximum absolute atomic E-state index is 5.74. The van der Waals surface area contributed by atoms with Gasteiger partial charge in [0.1, 0.15) is 5.82 Å². The van der Waals surface area contributed by atoms with Gasteiger partial charge in [-0.15, -0.1) is 0 Å². The van der Waals surface area contributed by atoms with Crippen LogP contribution in [0.2, 0.25) is 0 Å². The number of pyridine rings is 1. The topological polar surface area (TPSA) is 46.2 Å². The Balaban J connectivity index is 1.98. The first-order valence-electron chi connectivity index (χ1n) is 6.60. The molecule has 4 nitrogen and oxygen atoms in total. The molecule has 100 valence electrons. The van der Waals surface area contributed by atoms with Gasteiger partial charge in [-0.1, -0.05) is 13.8 Å². The Hall–Kier alpha value is -1.29. The Morgan fingerprint density at radius 3 is 2.89 bits per heavy atom. The van der Waals surface area contributed by atoms with Gasteiger partial charge in [-0.25, -0.2) is 4.98 Å². The lowest BCUT2D eigenvalue weighted by Crippen LogP contribution is -2.58. The molecule has 0 saturated heterocycles. The molecule has 1 aromatic heterocycles. The second-order valence-corrected chi connectivity index (χ2v) is 5.38. The zero-order valence-corrected chi connectivity index (χ0v) is 11.7. The Bertz CT molecular complexity index is 406. The highest BCUT2D eigenvalue weighted by atomic mass is 16.5. The molecule has 0 aromatic carbocycles.